The van der Waals surface area contributed by atoms with Gasteiger partial charge in [-0.05, 0) is 38.0 Å². The molecule has 0 saturated heterocycles. The summed E-state index contributed by atoms with van der Waals surface area (Å²) in [5, 5.41) is 18.7. The summed E-state index contributed by atoms with van der Waals surface area (Å²) in [7, 11) is 0. The van der Waals surface area contributed by atoms with Gasteiger partial charge in [0, 0.05) is 5.92 Å². The van der Waals surface area contributed by atoms with Crippen LogP contribution in [0.2, 0.25) is 0 Å². The molecule has 74 valence electrons. The quantitative estimate of drug-likeness (QED) is 0.679. The predicted molar refractivity (Wildman–Crippen MR) is 47.2 cm³/mol. The normalized spacial score (nSPS) is 41.8. The van der Waals surface area contributed by atoms with E-state index in [2.05, 4.69) is 0 Å². The number of carboxylic acids is 1. The molecule has 3 nitrogen and oxygen atoms in total. The molecule has 4 unspecified atom stereocenters. The molecular formula is C10H16O3. The molecule has 2 rings (SSSR count). The van der Waals surface area contributed by atoms with Gasteiger partial charge in [0.15, 0.2) is 5.60 Å². The first-order chi connectivity index (χ1) is 6.01. The number of aliphatic hydroxyl groups is 1. The molecule has 0 aliphatic heterocycles. The third kappa shape index (κ3) is 1.26. The average Bonchev–Trinajstić information content (AvgIpc) is 2.63. The summed E-state index contributed by atoms with van der Waals surface area (Å²) in [6, 6.07) is 0. The van der Waals surface area contributed by atoms with Gasteiger partial charge in [0.2, 0.25) is 0 Å². The lowest BCUT2D eigenvalue weighted by atomic mass is 9.77. The van der Waals surface area contributed by atoms with Gasteiger partial charge in [-0.25, -0.2) is 4.79 Å². The number of rotatable bonds is 2. The number of hydrogen-bond donors (Lipinski definition) is 2. The highest BCUT2D eigenvalue weighted by atomic mass is 16.4. The fourth-order valence-corrected chi connectivity index (χ4v) is 3.09. The molecule has 13 heavy (non-hydrogen) atoms. The minimum Gasteiger partial charge on any atom is -0.479 e. The van der Waals surface area contributed by atoms with E-state index in [1.165, 1.54) is 13.3 Å². The van der Waals surface area contributed by atoms with Gasteiger partial charge in [-0.2, -0.15) is 0 Å². The molecule has 3 heteroatoms. The molecule has 2 N–H and O–H groups in total. The van der Waals surface area contributed by atoms with E-state index in [0.717, 1.165) is 19.3 Å². The molecule has 0 aromatic heterocycles. The Morgan fingerprint density at radius 3 is 2.46 bits per heavy atom. The topological polar surface area (TPSA) is 57.5 Å². The second-order valence-electron chi connectivity index (χ2n) is 4.73. The van der Waals surface area contributed by atoms with Crippen LogP contribution >= 0.6 is 0 Å². The van der Waals surface area contributed by atoms with Crippen LogP contribution in [0, 0.1) is 17.8 Å². The van der Waals surface area contributed by atoms with Crippen molar-refractivity contribution >= 4 is 5.97 Å². The summed E-state index contributed by atoms with van der Waals surface area (Å²) in [4.78, 5) is 10.8. The van der Waals surface area contributed by atoms with Crippen molar-refractivity contribution in [3.8, 4) is 0 Å². The van der Waals surface area contributed by atoms with Crippen molar-refractivity contribution in [2.75, 3.05) is 0 Å². The SMILES string of the molecule is CC(O)(C(=O)O)C1CC2CCC1C2. The minimum absolute atomic E-state index is 0.0104. The Labute approximate surface area is 77.8 Å². The standard InChI is InChI=1S/C10H16O3/c1-10(13,9(11)12)8-5-6-2-3-7(8)4-6/h6-8,13H,2-5H2,1H3,(H,11,12). The first kappa shape index (κ1) is 9.00. The first-order valence-corrected chi connectivity index (χ1v) is 4.97. The summed E-state index contributed by atoms with van der Waals surface area (Å²) in [5.41, 5.74) is -1.50. The van der Waals surface area contributed by atoms with E-state index in [4.69, 9.17) is 5.11 Å². The highest BCUT2D eigenvalue weighted by Gasteiger charge is 2.51. The zero-order valence-electron chi connectivity index (χ0n) is 7.86. The molecule has 2 aliphatic carbocycles. The van der Waals surface area contributed by atoms with E-state index in [9.17, 15) is 9.90 Å². The highest BCUT2D eigenvalue weighted by molar-refractivity contribution is 5.77. The van der Waals surface area contributed by atoms with E-state index in [1.807, 2.05) is 0 Å². The molecule has 0 aromatic carbocycles. The Morgan fingerprint density at radius 1 is 1.38 bits per heavy atom. The second kappa shape index (κ2) is 2.71. The Hall–Kier alpha value is -0.570. The molecule has 4 atom stereocenters. The van der Waals surface area contributed by atoms with Gasteiger partial charge in [0.1, 0.15) is 0 Å². The van der Waals surface area contributed by atoms with E-state index < -0.39 is 11.6 Å². The lowest BCUT2D eigenvalue weighted by Gasteiger charge is -2.32. The van der Waals surface area contributed by atoms with Gasteiger partial charge in [0.25, 0.3) is 0 Å². The van der Waals surface area contributed by atoms with Gasteiger partial charge in [-0.3, -0.25) is 0 Å². The highest BCUT2D eigenvalue weighted by Crippen LogP contribution is 2.52. The van der Waals surface area contributed by atoms with Crippen LogP contribution in [0.15, 0.2) is 0 Å². The maximum absolute atomic E-state index is 10.8. The van der Waals surface area contributed by atoms with Crippen molar-refractivity contribution < 1.29 is 15.0 Å². The summed E-state index contributed by atoms with van der Waals surface area (Å²) in [6.45, 7) is 1.45. The van der Waals surface area contributed by atoms with Crippen LogP contribution in [0.4, 0.5) is 0 Å². The van der Waals surface area contributed by atoms with Crippen molar-refractivity contribution in [1.82, 2.24) is 0 Å². The molecule has 0 aromatic rings. The largest absolute Gasteiger partial charge is 0.479 e. The Bertz CT molecular complexity index is 234. The molecular weight excluding hydrogens is 168 g/mol. The van der Waals surface area contributed by atoms with Crippen LogP contribution in [0.5, 0.6) is 0 Å². The maximum atomic E-state index is 10.8. The zero-order valence-corrected chi connectivity index (χ0v) is 7.86. The van der Waals surface area contributed by atoms with Crippen molar-refractivity contribution in [1.29, 1.82) is 0 Å². The molecule has 0 radical (unpaired) electrons. The van der Waals surface area contributed by atoms with Crippen molar-refractivity contribution in [2.24, 2.45) is 17.8 Å². The van der Waals surface area contributed by atoms with Gasteiger partial charge in [0.05, 0.1) is 0 Å². The third-order valence-electron chi connectivity index (χ3n) is 3.89. The third-order valence-corrected chi connectivity index (χ3v) is 3.89. The summed E-state index contributed by atoms with van der Waals surface area (Å²) < 4.78 is 0. The lowest BCUT2D eigenvalue weighted by molar-refractivity contribution is -0.164. The van der Waals surface area contributed by atoms with Gasteiger partial charge >= 0.3 is 5.97 Å². The Balaban J connectivity index is 2.14. The van der Waals surface area contributed by atoms with Crippen LogP contribution in [0.1, 0.15) is 32.6 Å². The van der Waals surface area contributed by atoms with Gasteiger partial charge in [-0.15, -0.1) is 0 Å². The molecule has 2 aliphatic rings. The minimum atomic E-state index is -1.50. The van der Waals surface area contributed by atoms with E-state index in [1.54, 1.807) is 0 Å². The van der Waals surface area contributed by atoms with E-state index >= 15 is 0 Å². The molecule has 2 bridgehead atoms. The first-order valence-electron chi connectivity index (χ1n) is 4.97. The van der Waals surface area contributed by atoms with Crippen LogP contribution in [-0.2, 0) is 4.79 Å². The number of hydrogen-bond acceptors (Lipinski definition) is 2. The molecule has 0 spiro atoms. The van der Waals surface area contributed by atoms with Crippen LogP contribution in [0.25, 0.3) is 0 Å². The summed E-state index contributed by atoms with van der Waals surface area (Å²) in [5.74, 6) is 0.0609. The monoisotopic (exact) mass is 184 g/mol. The maximum Gasteiger partial charge on any atom is 0.335 e. The fraction of sp³-hybridized carbons (Fsp3) is 0.900. The van der Waals surface area contributed by atoms with Gasteiger partial charge < -0.3 is 10.2 Å². The van der Waals surface area contributed by atoms with E-state index in [-0.39, 0.29) is 5.92 Å². The van der Waals surface area contributed by atoms with Crippen molar-refractivity contribution in [3.05, 3.63) is 0 Å². The van der Waals surface area contributed by atoms with Crippen molar-refractivity contribution in [2.45, 2.75) is 38.2 Å². The van der Waals surface area contributed by atoms with Crippen LogP contribution in [0.3, 0.4) is 0 Å². The fourth-order valence-electron chi connectivity index (χ4n) is 3.09. The number of aliphatic carboxylic acids is 1. The molecule has 2 saturated carbocycles. The van der Waals surface area contributed by atoms with E-state index in [0.29, 0.717) is 11.8 Å². The summed E-state index contributed by atoms with van der Waals surface area (Å²) in [6.07, 6.45) is 4.38. The molecule has 0 amide bonds. The van der Waals surface area contributed by atoms with Crippen LogP contribution in [-0.4, -0.2) is 21.8 Å². The average molecular weight is 184 g/mol. The summed E-state index contributed by atoms with van der Waals surface area (Å²) >= 11 is 0. The number of fused-ring (bicyclic) bond motifs is 2. The zero-order chi connectivity index (χ0) is 9.64. The smallest absolute Gasteiger partial charge is 0.335 e. The van der Waals surface area contributed by atoms with Gasteiger partial charge in [-0.1, -0.05) is 6.42 Å². The van der Waals surface area contributed by atoms with Crippen molar-refractivity contribution in [3.63, 3.8) is 0 Å². The molecule has 2 fully saturated rings. The Kier molecular flexibility index (Phi) is 1.88. The predicted octanol–water partition coefficient (Wildman–Crippen LogP) is 1.26. The van der Waals surface area contributed by atoms with Crippen LogP contribution < -0.4 is 0 Å². The lowest BCUT2D eigenvalue weighted by Crippen LogP contribution is -2.45. The Morgan fingerprint density at radius 2 is 2.08 bits per heavy atom. The molecule has 0 heterocycles. The second-order valence-corrected chi connectivity index (χ2v) is 4.73. The number of carbonyl (C=O) groups is 1. The number of carboxylic acid groups (broad SMARTS) is 1.